The molecule has 0 radical (unpaired) electrons. The van der Waals surface area contributed by atoms with Gasteiger partial charge >= 0.3 is 5.97 Å². The van der Waals surface area contributed by atoms with Crippen LogP contribution in [0.2, 0.25) is 18.1 Å². The summed E-state index contributed by atoms with van der Waals surface area (Å²) < 4.78 is 17.9. The monoisotopic (exact) mass is 468 g/mol. The maximum Gasteiger partial charge on any atom is 0.314 e. The third kappa shape index (κ3) is 6.55. The van der Waals surface area contributed by atoms with Crippen molar-refractivity contribution in [1.82, 2.24) is 0 Å². The van der Waals surface area contributed by atoms with Gasteiger partial charge in [0, 0.05) is 0 Å². The maximum atomic E-state index is 12.3. The molecule has 2 aromatic carbocycles. The summed E-state index contributed by atoms with van der Waals surface area (Å²) in [7, 11) is -1.80. The van der Waals surface area contributed by atoms with Crippen LogP contribution in [-0.4, -0.2) is 33.3 Å². The fraction of sp³-hybridized carbons (Fsp3) is 0.481. The minimum atomic E-state index is -1.80. The molecule has 1 saturated heterocycles. The molecule has 1 aliphatic heterocycles. The Labute approximate surface area is 198 Å². The first kappa shape index (κ1) is 25.2. The number of aryl methyl sites for hydroxylation is 1. The molecular weight excluding hydrogens is 432 g/mol. The molecule has 1 aliphatic rings. The molecule has 0 bridgehead atoms. The fourth-order valence-electron chi connectivity index (χ4n) is 3.80. The lowest BCUT2D eigenvalue weighted by molar-refractivity contribution is -0.172. The van der Waals surface area contributed by atoms with Gasteiger partial charge in [-0.15, -0.1) is 0 Å². The predicted molar refractivity (Wildman–Crippen MR) is 132 cm³/mol. The first-order valence-corrected chi connectivity index (χ1v) is 14.6. The third-order valence-electron chi connectivity index (χ3n) is 6.80. The Morgan fingerprint density at radius 1 is 0.970 bits per heavy atom. The summed E-state index contributed by atoms with van der Waals surface area (Å²) in [6, 6.07) is 17.6. The van der Waals surface area contributed by atoms with Crippen molar-refractivity contribution in [2.45, 2.75) is 70.2 Å². The number of carbonyl (C=O) groups excluding carboxylic acids is 2. The van der Waals surface area contributed by atoms with Gasteiger partial charge in [0.15, 0.2) is 8.32 Å². The van der Waals surface area contributed by atoms with Crippen LogP contribution in [0.5, 0.6) is 5.75 Å². The standard InChI is InChI=1S/C27H36O5Si/c1-26(2,3)33(4,5)31-18-17-30-24-13-11-22(12-14-24)27(20-23(28)19-25(29)32-27)16-15-21-9-7-6-8-10-21/h6-14H,15-20H2,1-5H3. The summed E-state index contributed by atoms with van der Waals surface area (Å²) >= 11 is 0. The van der Waals surface area contributed by atoms with Crippen molar-refractivity contribution >= 4 is 20.1 Å². The Hall–Kier alpha value is -2.44. The highest BCUT2D eigenvalue weighted by Gasteiger charge is 2.42. The van der Waals surface area contributed by atoms with E-state index in [0.717, 1.165) is 16.9 Å². The molecule has 1 atom stereocenters. The molecule has 6 heteroatoms. The number of rotatable bonds is 9. The topological polar surface area (TPSA) is 61.8 Å². The second kappa shape index (κ2) is 10.2. The lowest BCUT2D eigenvalue weighted by Gasteiger charge is -2.37. The molecule has 178 valence electrons. The molecule has 1 unspecified atom stereocenters. The molecule has 0 aliphatic carbocycles. The van der Waals surface area contributed by atoms with Crippen LogP contribution in [0.15, 0.2) is 54.6 Å². The number of esters is 1. The molecule has 1 fully saturated rings. The number of benzene rings is 2. The van der Waals surface area contributed by atoms with Crippen LogP contribution < -0.4 is 4.74 Å². The first-order chi connectivity index (χ1) is 15.5. The van der Waals surface area contributed by atoms with Crippen molar-refractivity contribution in [2.75, 3.05) is 13.2 Å². The summed E-state index contributed by atoms with van der Waals surface area (Å²) in [4.78, 5) is 24.5. The highest BCUT2D eigenvalue weighted by molar-refractivity contribution is 6.74. The van der Waals surface area contributed by atoms with Crippen LogP contribution >= 0.6 is 0 Å². The van der Waals surface area contributed by atoms with E-state index in [1.165, 1.54) is 0 Å². The number of ketones is 1. The van der Waals surface area contributed by atoms with Crippen molar-refractivity contribution in [3.8, 4) is 5.75 Å². The van der Waals surface area contributed by atoms with Gasteiger partial charge in [-0.05, 0) is 54.2 Å². The predicted octanol–water partition coefficient (Wildman–Crippen LogP) is 5.82. The van der Waals surface area contributed by atoms with E-state index in [1.807, 2.05) is 54.6 Å². The van der Waals surface area contributed by atoms with Gasteiger partial charge in [0.25, 0.3) is 0 Å². The Morgan fingerprint density at radius 3 is 2.24 bits per heavy atom. The van der Waals surface area contributed by atoms with E-state index in [0.29, 0.717) is 26.1 Å². The van der Waals surface area contributed by atoms with Crippen LogP contribution in [0, 0.1) is 0 Å². The molecule has 0 N–H and O–H groups in total. The number of Topliss-reactive ketones (excluding diaryl/α,β-unsaturated/α-hetero) is 1. The van der Waals surface area contributed by atoms with Crippen molar-refractivity contribution in [1.29, 1.82) is 0 Å². The van der Waals surface area contributed by atoms with Crippen molar-refractivity contribution in [3.05, 3.63) is 65.7 Å². The molecule has 0 saturated carbocycles. The van der Waals surface area contributed by atoms with E-state index in [1.54, 1.807) is 0 Å². The highest BCUT2D eigenvalue weighted by Crippen LogP contribution is 2.39. The van der Waals surface area contributed by atoms with E-state index in [2.05, 4.69) is 33.9 Å². The minimum absolute atomic E-state index is 0.0811. The molecular formula is C27H36O5Si. The van der Waals surface area contributed by atoms with E-state index in [-0.39, 0.29) is 23.7 Å². The second-order valence-electron chi connectivity index (χ2n) is 10.3. The molecule has 5 nitrogen and oxygen atoms in total. The quantitative estimate of drug-likeness (QED) is 0.201. The zero-order chi connectivity index (χ0) is 24.1. The average molecular weight is 469 g/mol. The van der Waals surface area contributed by atoms with Crippen LogP contribution in [0.4, 0.5) is 0 Å². The molecule has 0 aromatic heterocycles. The number of ether oxygens (including phenoxy) is 2. The van der Waals surface area contributed by atoms with Gasteiger partial charge in [-0.1, -0.05) is 63.2 Å². The molecule has 1 heterocycles. The number of cyclic esters (lactones) is 1. The second-order valence-corrected chi connectivity index (χ2v) is 15.1. The van der Waals surface area contributed by atoms with E-state index >= 15 is 0 Å². The molecule has 0 amide bonds. The third-order valence-corrected chi connectivity index (χ3v) is 11.3. The van der Waals surface area contributed by atoms with Gasteiger partial charge in [0.05, 0.1) is 13.0 Å². The first-order valence-electron chi connectivity index (χ1n) is 11.7. The molecule has 3 rings (SSSR count). The van der Waals surface area contributed by atoms with Crippen molar-refractivity contribution in [3.63, 3.8) is 0 Å². The maximum absolute atomic E-state index is 12.3. The van der Waals surface area contributed by atoms with E-state index < -0.39 is 19.9 Å². The Balaban J connectivity index is 1.67. The zero-order valence-corrected chi connectivity index (χ0v) is 21.5. The Kier molecular flexibility index (Phi) is 7.80. The van der Waals surface area contributed by atoms with Crippen LogP contribution in [0.1, 0.15) is 51.2 Å². The summed E-state index contributed by atoms with van der Waals surface area (Å²) in [6.45, 7) is 12.1. The molecule has 0 spiro atoms. The Bertz CT molecular complexity index is 929. The van der Waals surface area contributed by atoms with Gasteiger partial charge in [0.1, 0.15) is 30.2 Å². The summed E-state index contributed by atoms with van der Waals surface area (Å²) in [5.41, 5.74) is 1.03. The largest absolute Gasteiger partial charge is 0.491 e. The smallest absolute Gasteiger partial charge is 0.314 e. The normalized spacial score (nSPS) is 19.3. The lowest BCUT2D eigenvalue weighted by atomic mass is 9.81. The summed E-state index contributed by atoms with van der Waals surface area (Å²) in [5.74, 6) is 0.189. The zero-order valence-electron chi connectivity index (χ0n) is 20.5. The van der Waals surface area contributed by atoms with Crippen LogP contribution in [0.25, 0.3) is 0 Å². The summed E-state index contributed by atoms with van der Waals surface area (Å²) in [5, 5.41) is 0.164. The van der Waals surface area contributed by atoms with Gasteiger partial charge in [-0.25, -0.2) is 0 Å². The SMILES string of the molecule is CC(C)(C)[Si](C)(C)OCCOc1ccc(C2(CCc3ccccc3)CC(=O)CC(=O)O2)cc1. The lowest BCUT2D eigenvalue weighted by Crippen LogP contribution is -2.41. The van der Waals surface area contributed by atoms with Crippen molar-refractivity contribution in [2.24, 2.45) is 0 Å². The van der Waals surface area contributed by atoms with Crippen molar-refractivity contribution < 1.29 is 23.5 Å². The molecule has 33 heavy (non-hydrogen) atoms. The number of carbonyl (C=O) groups is 2. The van der Waals surface area contributed by atoms with Gasteiger partial charge < -0.3 is 13.9 Å². The van der Waals surface area contributed by atoms with Gasteiger partial charge in [-0.2, -0.15) is 0 Å². The number of hydrogen-bond donors (Lipinski definition) is 0. The number of hydrogen-bond acceptors (Lipinski definition) is 5. The van der Waals surface area contributed by atoms with E-state index in [9.17, 15) is 9.59 Å². The fourth-order valence-corrected chi connectivity index (χ4v) is 4.82. The Morgan fingerprint density at radius 2 is 1.64 bits per heavy atom. The minimum Gasteiger partial charge on any atom is -0.491 e. The van der Waals surface area contributed by atoms with Crippen LogP contribution in [0.3, 0.4) is 0 Å². The average Bonchev–Trinajstić information content (AvgIpc) is 2.75. The molecule has 2 aromatic rings. The summed E-state index contributed by atoms with van der Waals surface area (Å²) in [6.07, 6.45) is 1.31. The highest BCUT2D eigenvalue weighted by atomic mass is 28.4. The van der Waals surface area contributed by atoms with E-state index in [4.69, 9.17) is 13.9 Å². The van der Waals surface area contributed by atoms with Gasteiger partial charge in [-0.3, -0.25) is 9.59 Å². The van der Waals surface area contributed by atoms with Gasteiger partial charge in [0.2, 0.25) is 0 Å². The van der Waals surface area contributed by atoms with Crippen LogP contribution in [-0.2, 0) is 30.8 Å².